The number of hydrogen-bond donors (Lipinski definition) is 0. The van der Waals surface area contributed by atoms with Gasteiger partial charge in [0, 0.05) is 34.5 Å². The van der Waals surface area contributed by atoms with Crippen molar-refractivity contribution in [1.82, 2.24) is 4.90 Å². The molecular formula is C10H21NO4. The first-order chi connectivity index (χ1) is 6.91. The van der Waals surface area contributed by atoms with Crippen molar-refractivity contribution in [1.29, 1.82) is 0 Å². The summed E-state index contributed by atoms with van der Waals surface area (Å²) in [4.78, 5) is 21.7. The van der Waals surface area contributed by atoms with E-state index < -0.39 is 0 Å². The summed E-state index contributed by atoms with van der Waals surface area (Å²) in [7, 11) is 3.45. The van der Waals surface area contributed by atoms with Crippen molar-refractivity contribution in [2.24, 2.45) is 0 Å². The Labute approximate surface area is 91.3 Å². The van der Waals surface area contributed by atoms with Crippen LogP contribution >= 0.6 is 0 Å². The van der Waals surface area contributed by atoms with Gasteiger partial charge in [0.2, 0.25) is 5.91 Å². The maximum Gasteiger partial charge on any atom is 0.302 e. The first-order valence-electron chi connectivity index (χ1n) is 4.80. The second-order valence-electron chi connectivity index (χ2n) is 2.95. The molecule has 0 radical (unpaired) electrons. The van der Waals surface area contributed by atoms with E-state index in [2.05, 4.69) is 4.74 Å². The molecule has 0 aliphatic heterocycles. The largest absolute Gasteiger partial charge is 0.463 e. The monoisotopic (exact) mass is 219 g/mol. The van der Waals surface area contributed by atoms with Gasteiger partial charge in [-0.3, -0.25) is 9.59 Å². The third-order valence-corrected chi connectivity index (χ3v) is 1.37. The smallest absolute Gasteiger partial charge is 0.302 e. The van der Waals surface area contributed by atoms with E-state index in [1.54, 1.807) is 14.1 Å². The zero-order valence-electron chi connectivity index (χ0n) is 10.2. The Morgan fingerprint density at radius 2 is 1.60 bits per heavy atom. The molecule has 15 heavy (non-hydrogen) atoms. The highest BCUT2D eigenvalue weighted by Crippen LogP contribution is 1.77. The molecule has 0 unspecified atom stereocenters. The minimum atomic E-state index is -0.255. The molecular weight excluding hydrogens is 198 g/mol. The summed E-state index contributed by atoms with van der Waals surface area (Å²) in [6.07, 6.45) is 0. The second kappa shape index (κ2) is 11.0. The third kappa shape index (κ3) is 19.3. The van der Waals surface area contributed by atoms with Gasteiger partial charge in [-0.05, 0) is 6.92 Å². The number of rotatable bonds is 4. The van der Waals surface area contributed by atoms with Crippen LogP contribution in [0.15, 0.2) is 0 Å². The molecule has 0 saturated carbocycles. The van der Waals surface area contributed by atoms with Gasteiger partial charge in [0.25, 0.3) is 0 Å². The zero-order chi connectivity index (χ0) is 12.3. The van der Waals surface area contributed by atoms with Gasteiger partial charge in [-0.15, -0.1) is 0 Å². The van der Waals surface area contributed by atoms with Crippen molar-refractivity contribution < 1.29 is 19.1 Å². The number of nitrogens with zero attached hydrogens (tertiary/aromatic N) is 1. The fourth-order valence-corrected chi connectivity index (χ4v) is 0.389. The Bertz CT molecular complexity index is 180. The van der Waals surface area contributed by atoms with Crippen LogP contribution in [0.25, 0.3) is 0 Å². The lowest BCUT2D eigenvalue weighted by Crippen LogP contribution is -2.17. The van der Waals surface area contributed by atoms with E-state index in [9.17, 15) is 9.59 Å². The number of carbonyl (C=O) groups is 2. The number of amides is 1. The standard InChI is InChI=1S/C6H12O3.C4H9NO/c1-3-8-4-5-9-6(2)7;1-4(6)5(2)3/h3-5H2,1-2H3;1-3H3. The van der Waals surface area contributed by atoms with Crippen molar-refractivity contribution >= 4 is 11.9 Å². The first-order valence-corrected chi connectivity index (χ1v) is 4.80. The molecule has 1 amide bonds. The Morgan fingerprint density at radius 3 is 1.87 bits per heavy atom. The van der Waals surface area contributed by atoms with Crippen molar-refractivity contribution in [2.75, 3.05) is 33.9 Å². The van der Waals surface area contributed by atoms with Crippen molar-refractivity contribution in [3.63, 3.8) is 0 Å². The first kappa shape index (κ1) is 16.3. The van der Waals surface area contributed by atoms with Crippen LogP contribution in [0, 0.1) is 0 Å². The summed E-state index contributed by atoms with van der Waals surface area (Å²) >= 11 is 0. The molecule has 5 nitrogen and oxygen atoms in total. The summed E-state index contributed by atoms with van der Waals surface area (Å²) in [6.45, 7) is 6.33. The van der Waals surface area contributed by atoms with Crippen LogP contribution < -0.4 is 0 Å². The molecule has 90 valence electrons. The van der Waals surface area contributed by atoms with Crippen LogP contribution in [-0.4, -0.2) is 50.7 Å². The molecule has 0 aliphatic carbocycles. The number of esters is 1. The molecule has 0 aliphatic rings. The van der Waals surface area contributed by atoms with Gasteiger partial charge < -0.3 is 14.4 Å². The van der Waals surface area contributed by atoms with E-state index >= 15 is 0 Å². The highest BCUT2D eigenvalue weighted by molar-refractivity contribution is 5.72. The number of ether oxygens (including phenoxy) is 2. The van der Waals surface area contributed by atoms with Gasteiger partial charge in [-0.1, -0.05) is 0 Å². The molecule has 0 N–H and O–H groups in total. The molecule has 0 bridgehead atoms. The Morgan fingerprint density at radius 1 is 1.13 bits per heavy atom. The normalized spacial score (nSPS) is 8.60. The third-order valence-electron chi connectivity index (χ3n) is 1.37. The van der Waals surface area contributed by atoms with E-state index in [-0.39, 0.29) is 11.9 Å². The molecule has 0 heterocycles. The van der Waals surface area contributed by atoms with Crippen molar-refractivity contribution in [3.05, 3.63) is 0 Å². The van der Waals surface area contributed by atoms with E-state index in [4.69, 9.17) is 4.74 Å². The molecule has 5 heteroatoms. The second-order valence-corrected chi connectivity index (χ2v) is 2.95. The maximum absolute atomic E-state index is 10.1. The molecule has 0 spiro atoms. The summed E-state index contributed by atoms with van der Waals surface area (Å²) in [5.41, 5.74) is 0. The van der Waals surface area contributed by atoms with Crippen molar-refractivity contribution in [2.45, 2.75) is 20.8 Å². The number of hydrogen-bond acceptors (Lipinski definition) is 4. The van der Waals surface area contributed by atoms with Gasteiger partial charge in [-0.2, -0.15) is 0 Å². The highest BCUT2D eigenvalue weighted by Gasteiger charge is 1.89. The minimum Gasteiger partial charge on any atom is -0.463 e. The van der Waals surface area contributed by atoms with Crippen LogP contribution in [-0.2, 0) is 19.1 Å². The molecule has 0 aromatic carbocycles. The minimum absolute atomic E-state index is 0.0926. The van der Waals surface area contributed by atoms with Gasteiger partial charge in [0.1, 0.15) is 6.61 Å². The zero-order valence-corrected chi connectivity index (χ0v) is 10.2. The lowest BCUT2D eigenvalue weighted by molar-refractivity contribution is -0.142. The van der Waals surface area contributed by atoms with E-state index in [1.165, 1.54) is 18.7 Å². The topological polar surface area (TPSA) is 55.8 Å². The Balaban J connectivity index is 0. The fraction of sp³-hybridized carbons (Fsp3) is 0.800. The highest BCUT2D eigenvalue weighted by atomic mass is 16.6. The van der Waals surface area contributed by atoms with Crippen LogP contribution in [0.4, 0.5) is 0 Å². The average molecular weight is 219 g/mol. The van der Waals surface area contributed by atoms with Gasteiger partial charge >= 0.3 is 5.97 Å². The predicted octanol–water partition coefficient (Wildman–Crippen LogP) is 0.681. The average Bonchev–Trinajstić information content (AvgIpc) is 2.13. The molecule has 0 fully saturated rings. The van der Waals surface area contributed by atoms with Crippen LogP contribution in [0.1, 0.15) is 20.8 Å². The lowest BCUT2D eigenvalue weighted by Gasteiger charge is -2.02. The fourth-order valence-electron chi connectivity index (χ4n) is 0.389. The molecule has 0 rings (SSSR count). The Kier molecular flexibility index (Phi) is 12.0. The predicted molar refractivity (Wildman–Crippen MR) is 57.5 cm³/mol. The van der Waals surface area contributed by atoms with Gasteiger partial charge in [-0.25, -0.2) is 0 Å². The van der Waals surface area contributed by atoms with Gasteiger partial charge in [0.15, 0.2) is 0 Å². The van der Waals surface area contributed by atoms with E-state index in [0.29, 0.717) is 19.8 Å². The summed E-state index contributed by atoms with van der Waals surface area (Å²) in [6, 6.07) is 0. The SMILES string of the molecule is CC(=O)N(C)C.CCOCCOC(C)=O. The van der Waals surface area contributed by atoms with Crippen LogP contribution in [0.3, 0.4) is 0 Å². The quantitative estimate of drug-likeness (QED) is 0.515. The van der Waals surface area contributed by atoms with Crippen molar-refractivity contribution in [3.8, 4) is 0 Å². The van der Waals surface area contributed by atoms with E-state index in [0.717, 1.165) is 0 Å². The maximum atomic E-state index is 10.1. The lowest BCUT2D eigenvalue weighted by atomic mass is 10.7. The summed E-state index contributed by atoms with van der Waals surface area (Å²) in [5, 5.41) is 0. The summed E-state index contributed by atoms with van der Waals surface area (Å²) < 4.78 is 9.49. The Hall–Kier alpha value is -1.10. The number of carbonyl (C=O) groups excluding carboxylic acids is 2. The van der Waals surface area contributed by atoms with Gasteiger partial charge in [0.05, 0.1) is 6.61 Å². The molecule has 0 aromatic rings. The summed E-state index contributed by atoms with van der Waals surface area (Å²) in [5.74, 6) is -0.162. The molecule has 0 atom stereocenters. The van der Waals surface area contributed by atoms with E-state index in [1.807, 2.05) is 6.92 Å². The van der Waals surface area contributed by atoms with Crippen LogP contribution in [0.2, 0.25) is 0 Å². The molecule has 0 saturated heterocycles. The molecule has 0 aromatic heterocycles. The van der Waals surface area contributed by atoms with Crippen LogP contribution in [0.5, 0.6) is 0 Å².